The number of rotatable bonds is 14. The Balaban J connectivity index is 1.43. The fourth-order valence-electron chi connectivity index (χ4n) is 10.5. The van der Waals surface area contributed by atoms with Crippen LogP contribution in [-0.2, 0) is 76.0 Å². The number of carbonyl (C=O) groups excluding carboxylic acids is 4. The maximum atomic E-state index is 13.9. The van der Waals surface area contributed by atoms with Crippen LogP contribution < -0.4 is 0 Å². The molecule has 0 amide bonds. The number of aliphatic hydroxyl groups excluding tert-OH is 2. The number of aliphatic hydroxyl groups is 2. The van der Waals surface area contributed by atoms with Gasteiger partial charge in [-0.3, -0.25) is 14.4 Å². The molecule has 4 fully saturated rings. The van der Waals surface area contributed by atoms with Crippen LogP contribution in [0.4, 0.5) is 0 Å². The summed E-state index contributed by atoms with van der Waals surface area (Å²) in [5.41, 5.74) is 0.0414. The topological polar surface area (TPSA) is 223 Å². The summed E-state index contributed by atoms with van der Waals surface area (Å²) in [6.07, 6.45) is -6.12. The molecule has 0 aromatic rings. The number of ether oxygens (including phenoxy) is 12. The number of likely N-dealkylation sites (N-methyl/N-ethyl adjacent to an activating group) is 1. The van der Waals surface area contributed by atoms with Crippen LogP contribution in [0.2, 0.25) is 0 Å². The van der Waals surface area contributed by atoms with Crippen molar-refractivity contribution >= 4 is 24.0 Å². The average molecular weight is 970 g/mol. The molecule has 0 aliphatic carbocycles. The lowest BCUT2D eigenvalue weighted by atomic mass is 9.79. The summed E-state index contributed by atoms with van der Waals surface area (Å²) in [6.45, 7) is 15.9. The van der Waals surface area contributed by atoms with Crippen molar-refractivity contribution in [1.82, 2.24) is 4.90 Å². The Kier molecular flexibility index (Phi) is 20.7. The van der Waals surface area contributed by atoms with E-state index >= 15 is 0 Å². The number of allylic oxidation sites excluding steroid dienone is 3. The van der Waals surface area contributed by atoms with Crippen LogP contribution in [-0.4, -0.2) is 185 Å². The molecule has 0 bridgehead atoms. The number of cyclic esters (lactones) is 1. The molecule has 0 saturated carbocycles. The van der Waals surface area contributed by atoms with Crippen molar-refractivity contribution in [2.24, 2.45) is 23.7 Å². The van der Waals surface area contributed by atoms with Crippen molar-refractivity contribution in [1.29, 1.82) is 0 Å². The highest BCUT2D eigenvalue weighted by Gasteiger charge is 2.55. The first-order valence-corrected chi connectivity index (χ1v) is 24.1. The van der Waals surface area contributed by atoms with E-state index in [0.29, 0.717) is 18.4 Å². The summed E-state index contributed by atoms with van der Waals surface area (Å²) in [5, 5.41) is 22.7. The maximum absolute atomic E-state index is 13.9. The summed E-state index contributed by atoms with van der Waals surface area (Å²) in [6, 6.07) is -0.657. The molecule has 2 N–H and O–H groups in total. The van der Waals surface area contributed by atoms with Crippen molar-refractivity contribution in [2.45, 2.75) is 198 Å². The lowest BCUT2D eigenvalue weighted by molar-refractivity contribution is -0.337. The van der Waals surface area contributed by atoms with Gasteiger partial charge in [0.05, 0.1) is 49.6 Å². The molecular weight excluding hydrogens is 891 g/mol. The summed E-state index contributed by atoms with van der Waals surface area (Å²) < 4.78 is 73.9. The third-order valence-corrected chi connectivity index (χ3v) is 14.3. The van der Waals surface area contributed by atoms with E-state index in [1.165, 1.54) is 27.2 Å². The van der Waals surface area contributed by atoms with Gasteiger partial charge in [0.1, 0.15) is 55.3 Å². The van der Waals surface area contributed by atoms with Crippen molar-refractivity contribution in [3.8, 4) is 0 Å². The van der Waals surface area contributed by atoms with E-state index in [2.05, 4.69) is 0 Å². The van der Waals surface area contributed by atoms with Crippen molar-refractivity contribution in [3.05, 3.63) is 23.8 Å². The minimum atomic E-state index is -1.37. The largest absolute Gasteiger partial charge is 0.462 e. The quantitative estimate of drug-likeness (QED) is 0.188. The highest BCUT2D eigenvalue weighted by atomic mass is 16.8. The molecule has 21 atom stereocenters. The first-order valence-electron chi connectivity index (χ1n) is 24.1. The molecule has 5 heterocycles. The fraction of sp³-hybridized carbons (Fsp3) is 0.837. The average Bonchev–Trinajstić information content (AvgIpc) is 3.68. The Morgan fingerprint density at radius 2 is 1.60 bits per heavy atom. The molecule has 0 aromatic heterocycles. The van der Waals surface area contributed by atoms with Crippen LogP contribution in [0.25, 0.3) is 0 Å². The molecule has 0 aromatic carbocycles. The van der Waals surface area contributed by atoms with Gasteiger partial charge in [-0.05, 0) is 73.5 Å². The van der Waals surface area contributed by atoms with Crippen LogP contribution in [0, 0.1) is 23.7 Å². The Labute approximate surface area is 401 Å². The first kappa shape index (κ1) is 56.2. The standard InChI is InChI=1S/C49H79NO18/c1-14-36-33(23-59-47-45(58-13)44(57-12)40(56)28(5)63-47)19-25(2)15-16-34(53)26(3)20-32(17-18-51)41(27(4)35(54)21-37(55)66-36)68-48-43(65-31(8)52)39(50(10)11)42(29(6)64-48)67-38-22-49(9)46(30(7)62-38)60-24-61-49/h15-16,18-19,26-30,32-33,35-36,38-48,54,56H,14,17,20-24H2,1-13H3/b16-15+,25-19+/t26-,27+,28-,29-,30+,32+,33-,35-,36-,38+,39+,40-,41-,42-,43-,44-,45-,46+,47-,48+,49-/m1/s1. The van der Waals surface area contributed by atoms with E-state index < -0.39 is 134 Å². The molecule has 0 unspecified atom stereocenters. The third-order valence-electron chi connectivity index (χ3n) is 14.3. The van der Waals surface area contributed by atoms with Gasteiger partial charge in [-0.2, -0.15) is 0 Å². The van der Waals surface area contributed by atoms with Crippen molar-refractivity contribution in [2.75, 3.05) is 41.7 Å². The van der Waals surface area contributed by atoms with Crippen LogP contribution in [0.15, 0.2) is 23.8 Å². The zero-order valence-corrected chi connectivity index (χ0v) is 42.2. The number of nitrogens with zero attached hydrogens (tertiary/aromatic N) is 1. The number of ketones is 1. The molecule has 19 nitrogen and oxygen atoms in total. The second-order valence-electron chi connectivity index (χ2n) is 19.7. The molecule has 0 radical (unpaired) electrons. The SMILES string of the molecule is CC[C@H]1OC(=O)C[C@@H](O)[C@H](C)[C@@H](O[C@@H]2O[C@H](C)[C@@H](O[C@H]3C[C@@]4(C)OCO[C@H]4[C@H](C)O3)[C@H](N(C)C)[C@H]2OC(C)=O)[C@@H](CC=O)C[C@@H](C)C(=O)/C=C/C(C)=C/[C@@H]1CO[C@@H]1O[C@H](C)[C@@H](O)[C@@H](OC)[C@H]1OC. The Hall–Kier alpha value is -2.76. The predicted molar refractivity (Wildman–Crippen MR) is 242 cm³/mol. The summed E-state index contributed by atoms with van der Waals surface area (Å²) in [4.78, 5) is 55.0. The molecule has 5 aliphatic rings. The lowest BCUT2D eigenvalue weighted by Crippen LogP contribution is -2.66. The molecule has 19 heteroatoms. The molecule has 68 heavy (non-hydrogen) atoms. The van der Waals surface area contributed by atoms with Crippen molar-refractivity contribution < 1.29 is 86.2 Å². The highest BCUT2D eigenvalue weighted by molar-refractivity contribution is 5.91. The monoisotopic (exact) mass is 970 g/mol. The van der Waals surface area contributed by atoms with E-state index in [1.54, 1.807) is 26.8 Å². The summed E-state index contributed by atoms with van der Waals surface area (Å²) >= 11 is 0. The number of hydrogen-bond acceptors (Lipinski definition) is 19. The van der Waals surface area contributed by atoms with Crippen LogP contribution in [0.3, 0.4) is 0 Å². The van der Waals surface area contributed by atoms with Gasteiger partial charge in [-0.15, -0.1) is 0 Å². The smallest absolute Gasteiger partial charge is 0.308 e. The molecule has 5 rings (SSSR count). The van der Waals surface area contributed by atoms with Crippen LogP contribution in [0.5, 0.6) is 0 Å². The van der Waals surface area contributed by atoms with Crippen molar-refractivity contribution in [3.63, 3.8) is 0 Å². The van der Waals surface area contributed by atoms with Gasteiger partial charge in [-0.25, -0.2) is 0 Å². The maximum Gasteiger partial charge on any atom is 0.308 e. The number of hydrogen-bond donors (Lipinski definition) is 2. The Morgan fingerprint density at radius 1 is 0.912 bits per heavy atom. The second kappa shape index (κ2) is 25.1. The Morgan fingerprint density at radius 3 is 2.24 bits per heavy atom. The van der Waals surface area contributed by atoms with Gasteiger partial charge in [-0.1, -0.05) is 38.5 Å². The van der Waals surface area contributed by atoms with Gasteiger partial charge in [0, 0.05) is 51.7 Å². The predicted octanol–water partition coefficient (Wildman–Crippen LogP) is 3.42. The third kappa shape index (κ3) is 13.6. The molecular formula is C49H79NO18. The number of methoxy groups -OCH3 is 2. The van der Waals surface area contributed by atoms with Gasteiger partial charge in [0.25, 0.3) is 0 Å². The normalized spacial score (nSPS) is 44.6. The molecule has 388 valence electrons. The van der Waals surface area contributed by atoms with Gasteiger partial charge in [0.15, 0.2) is 30.8 Å². The highest BCUT2D eigenvalue weighted by Crippen LogP contribution is 2.41. The van der Waals surface area contributed by atoms with E-state index in [9.17, 15) is 29.4 Å². The second-order valence-corrected chi connectivity index (χ2v) is 19.7. The zero-order valence-electron chi connectivity index (χ0n) is 42.2. The Bertz CT molecular complexity index is 1730. The minimum Gasteiger partial charge on any atom is -0.462 e. The molecule has 4 saturated heterocycles. The zero-order chi connectivity index (χ0) is 50.2. The summed E-state index contributed by atoms with van der Waals surface area (Å²) in [5.74, 6) is -4.21. The first-order chi connectivity index (χ1) is 32.2. The van der Waals surface area contributed by atoms with Crippen LogP contribution >= 0.6 is 0 Å². The van der Waals surface area contributed by atoms with Gasteiger partial charge >= 0.3 is 11.9 Å². The summed E-state index contributed by atoms with van der Waals surface area (Å²) in [7, 11) is 6.58. The molecule has 5 aliphatic heterocycles. The fourth-order valence-corrected chi connectivity index (χ4v) is 10.5. The van der Waals surface area contributed by atoms with Crippen LogP contribution in [0.1, 0.15) is 94.4 Å². The lowest BCUT2D eigenvalue weighted by Gasteiger charge is -2.50. The van der Waals surface area contributed by atoms with Gasteiger partial charge < -0.3 is 76.7 Å². The number of aldehydes is 1. The number of esters is 2. The van der Waals surface area contributed by atoms with E-state index in [1.807, 2.05) is 59.7 Å². The molecule has 0 spiro atoms. The number of fused-ring (bicyclic) bond motifs is 1. The minimum absolute atomic E-state index is 0.00743. The number of carbonyl (C=O) groups is 4. The van der Waals surface area contributed by atoms with E-state index in [4.69, 9.17) is 56.8 Å². The van der Waals surface area contributed by atoms with Gasteiger partial charge in [0.2, 0.25) is 0 Å². The van der Waals surface area contributed by atoms with E-state index in [0.717, 1.165) is 6.29 Å². The van der Waals surface area contributed by atoms with E-state index in [-0.39, 0.29) is 44.2 Å².